The molecule has 0 amide bonds. The first kappa shape index (κ1) is 17.9. The third-order valence-electron chi connectivity index (χ3n) is 4.59. The van der Waals surface area contributed by atoms with Crippen LogP contribution in [0.1, 0.15) is 18.3 Å². The van der Waals surface area contributed by atoms with Crippen molar-refractivity contribution in [1.82, 2.24) is 0 Å². The number of aliphatic hydroxyl groups excluding tert-OH is 1. The third-order valence-corrected chi connectivity index (χ3v) is 4.59. The number of non-ortho nitro benzene ring substituents is 1. The average Bonchev–Trinajstić information content (AvgIpc) is 2.69. The smallest absolute Gasteiger partial charge is 0.269 e. The van der Waals surface area contributed by atoms with Gasteiger partial charge in [0.2, 0.25) is 6.29 Å². The van der Waals surface area contributed by atoms with Gasteiger partial charge in [-0.2, -0.15) is 0 Å². The van der Waals surface area contributed by atoms with E-state index < -0.39 is 35.8 Å². The first-order chi connectivity index (χ1) is 13.1. The molecule has 2 saturated heterocycles. The molecule has 0 saturated carbocycles. The maximum absolute atomic E-state index is 10.7. The fraction of sp³-hybridized carbons (Fsp3) is 0.368. The van der Waals surface area contributed by atoms with E-state index in [1.54, 1.807) is 0 Å². The second-order valence-electron chi connectivity index (χ2n) is 6.45. The number of nitrogens with zero attached hydrogens (tertiary/aromatic N) is 1. The van der Waals surface area contributed by atoms with Crippen LogP contribution < -0.4 is 4.74 Å². The molecule has 0 aliphatic carbocycles. The molecule has 2 aliphatic rings. The van der Waals surface area contributed by atoms with E-state index in [2.05, 4.69) is 0 Å². The van der Waals surface area contributed by atoms with Gasteiger partial charge in [-0.25, -0.2) is 0 Å². The van der Waals surface area contributed by atoms with E-state index in [1.807, 2.05) is 30.3 Å². The molecule has 2 heterocycles. The molecule has 2 fully saturated rings. The number of nitro benzene ring substituents is 1. The van der Waals surface area contributed by atoms with Gasteiger partial charge in [0.1, 0.15) is 18.0 Å². The summed E-state index contributed by atoms with van der Waals surface area (Å²) in [6.07, 6.45) is -2.76. The van der Waals surface area contributed by atoms with E-state index in [9.17, 15) is 15.2 Å². The molecule has 0 radical (unpaired) electrons. The largest absolute Gasteiger partial charge is 0.465 e. The Morgan fingerprint density at radius 2 is 1.81 bits per heavy atom. The zero-order valence-corrected chi connectivity index (χ0v) is 14.3. The molecular weight excluding hydrogens is 354 g/mol. The quantitative estimate of drug-likeness (QED) is 0.649. The zero-order valence-electron chi connectivity index (χ0n) is 14.3. The van der Waals surface area contributed by atoms with Crippen molar-refractivity contribution in [2.45, 2.75) is 37.3 Å². The van der Waals surface area contributed by atoms with E-state index in [0.29, 0.717) is 5.75 Å². The Hall–Kier alpha value is -2.52. The lowest BCUT2D eigenvalue weighted by Gasteiger charge is -2.44. The van der Waals surface area contributed by atoms with Gasteiger partial charge in [0.15, 0.2) is 6.29 Å². The molecule has 27 heavy (non-hydrogen) atoms. The van der Waals surface area contributed by atoms with Gasteiger partial charge < -0.3 is 24.1 Å². The minimum Gasteiger partial charge on any atom is -0.465 e. The van der Waals surface area contributed by atoms with Gasteiger partial charge in [-0.15, -0.1) is 0 Å². The molecule has 8 heteroatoms. The maximum Gasteiger partial charge on any atom is 0.269 e. The standard InChI is InChI=1S/C19H19NO7/c21-15-10-17(25-14-8-6-13(7-9-14)20(22)23)26-16-11-24-19(27-18(15)16)12-4-2-1-3-5-12/h1-9,15-19,21H,10-11H2/t15-,16-,17-,18-,19-/m0/s1. The first-order valence-corrected chi connectivity index (χ1v) is 8.67. The normalized spacial score (nSPS) is 30.3. The number of rotatable bonds is 4. The summed E-state index contributed by atoms with van der Waals surface area (Å²) in [5.74, 6) is 0.427. The van der Waals surface area contributed by atoms with Gasteiger partial charge in [-0.1, -0.05) is 30.3 Å². The van der Waals surface area contributed by atoms with Crippen LogP contribution in [0.4, 0.5) is 5.69 Å². The second kappa shape index (κ2) is 7.61. The minimum absolute atomic E-state index is 0.0203. The number of hydrogen-bond donors (Lipinski definition) is 1. The van der Waals surface area contributed by atoms with Crippen molar-refractivity contribution < 1.29 is 29.0 Å². The van der Waals surface area contributed by atoms with Crippen LogP contribution in [-0.4, -0.2) is 41.2 Å². The topological polar surface area (TPSA) is 100 Å². The lowest BCUT2D eigenvalue weighted by Crippen LogP contribution is -2.55. The van der Waals surface area contributed by atoms with Crippen LogP contribution in [0.25, 0.3) is 0 Å². The number of benzene rings is 2. The van der Waals surface area contributed by atoms with Crippen LogP contribution in [0.2, 0.25) is 0 Å². The summed E-state index contributed by atoms with van der Waals surface area (Å²) in [6, 6.07) is 15.2. The Bertz CT molecular complexity index is 782. The van der Waals surface area contributed by atoms with Crippen molar-refractivity contribution >= 4 is 5.69 Å². The molecule has 0 unspecified atom stereocenters. The van der Waals surface area contributed by atoms with Gasteiger partial charge in [-0.3, -0.25) is 10.1 Å². The molecule has 0 bridgehead atoms. The van der Waals surface area contributed by atoms with Crippen molar-refractivity contribution in [3.8, 4) is 5.75 Å². The number of aliphatic hydroxyl groups is 1. The van der Waals surface area contributed by atoms with Crippen LogP contribution in [0.15, 0.2) is 54.6 Å². The van der Waals surface area contributed by atoms with E-state index in [0.717, 1.165) is 5.56 Å². The number of ether oxygens (including phenoxy) is 4. The van der Waals surface area contributed by atoms with Gasteiger partial charge in [0.05, 0.1) is 17.6 Å². The van der Waals surface area contributed by atoms with Crippen LogP contribution >= 0.6 is 0 Å². The highest BCUT2D eigenvalue weighted by Crippen LogP contribution is 2.34. The van der Waals surface area contributed by atoms with E-state index >= 15 is 0 Å². The van der Waals surface area contributed by atoms with Crippen molar-refractivity contribution in [3.63, 3.8) is 0 Å². The van der Waals surface area contributed by atoms with Gasteiger partial charge in [0, 0.05) is 24.1 Å². The van der Waals surface area contributed by atoms with Crippen LogP contribution in [-0.2, 0) is 14.2 Å². The van der Waals surface area contributed by atoms with E-state index in [-0.39, 0.29) is 18.7 Å². The summed E-state index contributed by atoms with van der Waals surface area (Å²) in [4.78, 5) is 10.2. The average molecular weight is 373 g/mol. The molecule has 8 nitrogen and oxygen atoms in total. The fourth-order valence-corrected chi connectivity index (χ4v) is 3.24. The fourth-order valence-electron chi connectivity index (χ4n) is 3.24. The highest BCUT2D eigenvalue weighted by Gasteiger charge is 2.44. The zero-order chi connectivity index (χ0) is 18.8. The molecule has 0 spiro atoms. The molecule has 2 aromatic carbocycles. The van der Waals surface area contributed by atoms with Crippen LogP contribution in [0.5, 0.6) is 5.75 Å². The third kappa shape index (κ3) is 3.93. The summed E-state index contributed by atoms with van der Waals surface area (Å²) < 4.78 is 23.2. The molecule has 0 aromatic heterocycles. The predicted molar refractivity (Wildman–Crippen MR) is 93.0 cm³/mol. The second-order valence-corrected chi connectivity index (χ2v) is 6.45. The van der Waals surface area contributed by atoms with Gasteiger partial charge >= 0.3 is 0 Å². The van der Waals surface area contributed by atoms with Crippen LogP contribution in [0.3, 0.4) is 0 Å². The summed E-state index contributed by atoms with van der Waals surface area (Å²) in [5.41, 5.74) is 0.862. The Kier molecular flexibility index (Phi) is 5.04. The monoisotopic (exact) mass is 373 g/mol. The number of nitro groups is 1. The molecular formula is C19H19NO7. The van der Waals surface area contributed by atoms with Crippen molar-refractivity contribution in [3.05, 3.63) is 70.3 Å². The molecule has 142 valence electrons. The number of hydrogen-bond acceptors (Lipinski definition) is 7. The molecule has 2 aromatic rings. The Morgan fingerprint density at radius 3 is 2.52 bits per heavy atom. The Morgan fingerprint density at radius 1 is 1.07 bits per heavy atom. The Labute approximate surface area is 155 Å². The highest BCUT2D eigenvalue weighted by atomic mass is 16.7. The summed E-state index contributed by atoms with van der Waals surface area (Å²) in [5, 5.41) is 21.2. The van der Waals surface area contributed by atoms with E-state index in [1.165, 1.54) is 24.3 Å². The lowest BCUT2D eigenvalue weighted by molar-refractivity contribution is -0.384. The molecule has 4 rings (SSSR count). The minimum atomic E-state index is -0.776. The van der Waals surface area contributed by atoms with Crippen molar-refractivity contribution in [2.75, 3.05) is 6.61 Å². The first-order valence-electron chi connectivity index (χ1n) is 8.67. The molecule has 2 aliphatic heterocycles. The van der Waals surface area contributed by atoms with Gasteiger partial charge in [0.25, 0.3) is 5.69 Å². The summed E-state index contributed by atoms with van der Waals surface area (Å²) >= 11 is 0. The summed E-state index contributed by atoms with van der Waals surface area (Å²) in [6.45, 7) is 0.265. The van der Waals surface area contributed by atoms with Gasteiger partial charge in [-0.05, 0) is 12.1 Å². The van der Waals surface area contributed by atoms with E-state index in [4.69, 9.17) is 18.9 Å². The predicted octanol–water partition coefficient (Wildman–Crippen LogP) is 2.56. The lowest BCUT2D eigenvalue weighted by atomic mass is 10.0. The highest BCUT2D eigenvalue weighted by molar-refractivity contribution is 5.36. The SMILES string of the molecule is O=[N+]([O-])c1ccc(O[C@@H]2C[C@H](O)[C@@H]3O[C@@H](c4ccccc4)OC[C@@H]3O2)cc1. The summed E-state index contributed by atoms with van der Waals surface area (Å²) in [7, 11) is 0. The number of fused-ring (bicyclic) bond motifs is 1. The van der Waals surface area contributed by atoms with Crippen molar-refractivity contribution in [2.24, 2.45) is 0 Å². The Balaban J connectivity index is 1.38. The van der Waals surface area contributed by atoms with Crippen molar-refractivity contribution in [1.29, 1.82) is 0 Å². The maximum atomic E-state index is 10.7. The van der Waals surface area contributed by atoms with Crippen LogP contribution in [0, 0.1) is 10.1 Å². The molecule has 5 atom stereocenters. The molecule has 1 N–H and O–H groups in total.